The molecular weight excluding hydrogens is 323 g/mol. The molecule has 0 unspecified atom stereocenters. The van der Waals surface area contributed by atoms with Gasteiger partial charge in [0.05, 0.1) is 6.54 Å². The van der Waals surface area contributed by atoms with Crippen molar-refractivity contribution in [2.45, 2.75) is 6.92 Å². The second kappa shape index (κ2) is 9.22. The Bertz CT molecular complexity index is 758. The summed E-state index contributed by atoms with van der Waals surface area (Å²) in [6, 6.07) is 12.8. The van der Waals surface area contributed by atoms with Gasteiger partial charge >= 0.3 is 0 Å². The number of amides is 2. The fourth-order valence-electron chi connectivity index (χ4n) is 2.01. The monoisotopic (exact) mass is 342 g/mol. The summed E-state index contributed by atoms with van der Waals surface area (Å²) in [4.78, 5) is 22.7. The van der Waals surface area contributed by atoms with Crippen LogP contribution < -0.4 is 15.4 Å². The molecule has 0 aliphatic heterocycles. The van der Waals surface area contributed by atoms with Crippen molar-refractivity contribution >= 4 is 23.6 Å². The van der Waals surface area contributed by atoms with E-state index in [4.69, 9.17) is 4.74 Å². The Morgan fingerprint density at radius 1 is 1.16 bits per heavy atom. The lowest BCUT2D eigenvalue weighted by molar-refractivity contribution is -0.116. The highest BCUT2D eigenvalue weighted by atomic mass is 19.1. The van der Waals surface area contributed by atoms with E-state index in [1.54, 1.807) is 42.5 Å². The van der Waals surface area contributed by atoms with Crippen LogP contribution >= 0.6 is 0 Å². The zero-order valence-electron chi connectivity index (χ0n) is 13.8. The zero-order chi connectivity index (χ0) is 18.1. The van der Waals surface area contributed by atoms with Gasteiger partial charge in [0.25, 0.3) is 0 Å². The van der Waals surface area contributed by atoms with Crippen molar-refractivity contribution < 1.29 is 18.7 Å². The quantitative estimate of drug-likeness (QED) is 0.600. The third kappa shape index (κ3) is 6.87. The summed E-state index contributed by atoms with van der Waals surface area (Å²) in [6.45, 7) is 2.05. The van der Waals surface area contributed by atoms with Crippen molar-refractivity contribution in [3.05, 3.63) is 66.0 Å². The van der Waals surface area contributed by atoms with Crippen LogP contribution in [0.4, 0.5) is 10.1 Å². The molecule has 2 aromatic carbocycles. The summed E-state index contributed by atoms with van der Waals surface area (Å²) in [7, 11) is 0. The van der Waals surface area contributed by atoms with Crippen LogP contribution in [0.2, 0.25) is 0 Å². The van der Waals surface area contributed by atoms with E-state index in [-0.39, 0.29) is 17.6 Å². The maximum Gasteiger partial charge on any atom is 0.244 e. The first-order chi connectivity index (χ1) is 12.0. The Morgan fingerprint density at radius 2 is 1.92 bits per heavy atom. The minimum atomic E-state index is -0.318. The van der Waals surface area contributed by atoms with Crippen LogP contribution in [0.25, 0.3) is 6.08 Å². The summed E-state index contributed by atoms with van der Waals surface area (Å²) >= 11 is 0. The molecule has 2 aromatic rings. The van der Waals surface area contributed by atoms with Gasteiger partial charge in [0.15, 0.2) is 0 Å². The Hall–Kier alpha value is -3.15. The molecule has 0 spiro atoms. The number of benzene rings is 2. The molecule has 2 N–H and O–H groups in total. The first-order valence-electron chi connectivity index (χ1n) is 7.75. The molecule has 0 aromatic heterocycles. The molecule has 0 aliphatic rings. The smallest absolute Gasteiger partial charge is 0.244 e. The maximum atomic E-state index is 12.8. The van der Waals surface area contributed by atoms with E-state index in [9.17, 15) is 14.0 Å². The average molecular weight is 342 g/mol. The van der Waals surface area contributed by atoms with Gasteiger partial charge in [-0.1, -0.05) is 18.2 Å². The summed E-state index contributed by atoms with van der Waals surface area (Å²) < 4.78 is 18.3. The normalized spacial score (nSPS) is 10.5. The van der Waals surface area contributed by atoms with Crippen molar-refractivity contribution in [1.82, 2.24) is 5.32 Å². The van der Waals surface area contributed by atoms with Gasteiger partial charge in [0.2, 0.25) is 11.8 Å². The highest BCUT2D eigenvalue weighted by Crippen LogP contribution is 2.17. The first-order valence-corrected chi connectivity index (χ1v) is 7.75. The molecule has 2 rings (SSSR count). The second-order valence-corrected chi connectivity index (χ2v) is 5.23. The molecule has 0 bridgehead atoms. The maximum absolute atomic E-state index is 12.8. The van der Waals surface area contributed by atoms with Gasteiger partial charge in [-0.25, -0.2) is 4.39 Å². The van der Waals surface area contributed by atoms with E-state index < -0.39 is 0 Å². The van der Waals surface area contributed by atoms with E-state index in [0.717, 1.165) is 5.56 Å². The fraction of sp³-hybridized carbons (Fsp3) is 0.158. The molecule has 0 atom stereocenters. The molecule has 5 nitrogen and oxygen atoms in total. The van der Waals surface area contributed by atoms with Gasteiger partial charge in [-0.05, 0) is 35.9 Å². The number of ether oxygens (including phenoxy) is 1. The fourth-order valence-corrected chi connectivity index (χ4v) is 2.01. The third-order valence-electron chi connectivity index (χ3n) is 3.12. The third-order valence-corrected chi connectivity index (χ3v) is 3.12. The highest BCUT2D eigenvalue weighted by Gasteiger charge is 2.00. The van der Waals surface area contributed by atoms with Crippen molar-refractivity contribution in [1.29, 1.82) is 0 Å². The minimum Gasteiger partial charge on any atom is -0.492 e. The number of anilines is 1. The SMILES string of the molecule is CC(=O)Nc1cccc(OCCNC(=O)C=Cc2ccc(F)cc2)c1. The zero-order valence-corrected chi connectivity index (χ0v) is 13.8. The number of carbonyl (C=O) groups excluding carboxylic acids is 2. The predicted octanol–water partition coefficient (Wildman–Crippen LogP) is 2.99. The number of halogens is 1. The van der Waals surface area contributed by atoms with Crippen LogP contribution in [-0.2, 0) is 9.59 Å². The summed E-state index contributed by atoms with van der Waals surface area (Å²) in [5.74, 6) is -0.138. The average Bonchev–Trinajstić information content (AvgIpc) is 2.58. The lowest BCUT2D eigenvalue weighted by atomic mass is 10.2. The van der Waals surface area contributed by atoms with Crippen LogP contribution in [0.15, 0.2) is 54.6 Å². The van der Waals surface area contributed by atoms with Crippen molar-refractivity contribution in [3.63, 3.8) is 0 Å². The van der Waals surface area contributed by atoms with Crippen molar-refractivity contribution in [3.8, 4) is 5.75 Å². The van der Waals surface area contributed by atoms with Gasteiger partial charge in [-0.15, -0.1) is 0 Å². The van der Waals surface area contributed by atoms with Crippen LogP contribution in [0, 0.1) is 5.82 Å². The molecular formula is C19H19FN2O3. The standard InChI is InChI=1S/C19H19FN2O3/c1-14(23)22-17-3-2-4-18(13-17)25-12-11-21-19(24)10-7-15-5-8-16(20)9-6-15/h2-10,13H,11-12H2,1H3,(H,21,24)(H,22,23). The van der Waals surface area contributed by atoms with Crippen LogP contribution in [0.5, 0.6) is 5.75 Å². The van der Waals surface area contributed by atoms with Crippen LogP contribution in [0.1, 0.15) is 12.5 Å². The predicted molar refractivity (Wildman–Crippen MR) is 94.7 cm³/mol. The Morgan fingerprint density at radius 3 is 2.64 bits per heavy atom. The minimum absolute atomic E-state index is 0.155. The second-order valence-electron chi connectivity index (χ2n) is 5.23. The molecule has 0 saturated heterocycles. The van der Waals surface area contributed by atoms with Gasteiger partial charge in [0.1, 0.15) is 18.2 Å². The van der Waals surface area contributed by atoms with Gasteiger partial charge in [-0.2, -0.15) is 0 Å². The van der Waals surface area contributed by atoms with E-state index in [2.05, 4.69) is 10.6 Å². The molecule has 0 saturated carbocycles. The Kier molecular flexibility index (Phi) is 6.71. The summed E-state index contributed by atoms with van der Waals surface area (Å²) in [6.07, 6.45) is 2.98. The Balaban J connectivity index is 1.72. The first kappa shape index (κ1) is 18.2. The van der Waals surface area contributed by atoms with Gasteiger partial charge < -0.3 is 15.4 Å². The molecule has 0 fully saturated rings. The van der Waals surface area contributed by atoms with E-state index in [1.807, 2.05) is 0 Å². The topological polar surface area (TPSA) is 67.4 Å². The number of nitrogens with one attached hydrogen (secondary N) is 2. The molecule has 130 valence electrons. The largest absolute Gasteiger partial charge is 0.492 e. The summed E-state index contributed by atoms with van der Waals surface area (Å²) in [5, 5.41) is 5.36. The van der Waals surface area contributed by atoms with Crippen LogP contribution in [-0.4, -0.2) is 25.0 Å². The Labute approximate surface area is 145 Å². The molecule has 0 radical (unpaired) electrons. The lowest BCUT2D eigenvalue weighted by Gasteiger charge is -2.08. The van der Waals surface area contributed by atoms with E-state index in [0.29, 0.717) is 24.6 Å². The number of rotatable bonds is 7. The van der Waals surface area contributed by atoms with E-state index >= 15 is 0 Å². The van der Waals surface area contributed by atoms with E-state index in [1.165, 1.54) is 25.1 Å². The highest BCUT2D eigenvalue weighted by molar-refractivity contribution is 5.91. The van der Waals surface area contributed by atoms with Gasteiger partial charge in [0, 0.05) is 24.8 Å². The molecule has 2 amide bonds. The van der Waals surface area contributed by atoms with Crippen molar-refractivity contribution in [2.24, 2.45) is 0 Å². The van der Waals surface area contributed by atoms with Crippen molar-refractivity contribution in [2.75, 3.05) is 18.5 Å². The van der Waals surface area contributed by atoms with Crippen LogP contribution in [0.3, 0.4) is 0 Å². The number of hydrogen-bond acceptors (Lipinski definition) is 3. The van der Waals surface area contributed by atoms with Gasteiger partial charge in [-0.3, -0.25) is 9.59 Å². The molecule has 6 heteroatoms. The lowest BCUT2D eigenvalue weighted by Crippen LogP contribution is -2.26. The molecule has 25 heavy (non-hydrogen) atoms. The summed E-state index contributed by atoms with van der Waals surface area (Å²) in [5.41, 5.74) is 1.39. The molecule has 0 heterocycles. The number of carbonyl (C=O) groups is 2. The number of hydrogen-bond donors (Lipinski definition) is 2. The molecule has 0 aliphatic carbocycles.